The van der Waals surface area contributed by atoms with Crippen molar-refractivity contribution in [2.75, 3.05) is 0 Å². The number of hydrogen-bond acceptors (Lipinski definition) is 2. The Morgan fingerprint density at radius 2 is 2.33 bits per heavy atom. The lowest BCUT2D eigenvalue weighted by Gasteiger charge is -2.09. The minimum atomic E-state index is 0.226. The summed E-state index contributed by atoms with van der Waals surface area (Å²) < 4.78 is 5.44. The van der Waals surface area contributed by atoms with E-state index in [9.17, 15) is 4.79 Å². The number of carbonyl (C=O) groups excluding carboxylic acids is 1. The number of carbonyl (C=O) groups is 1. The van der Waals surface area contributed by atoms with Crippen molar-refractivity contribution in [2.45, 2.75) is 31.5 Å². The van der Waals surface area contributed by atoms with Gasteiger partial charge in [-0.2, -0.15) is 0 Å². The first-order chi connectivity index (χ1) is 4.40. The minimum Gasteiger partial charge on any atom is -0.374 e. The molecule has 2 rings (SSSR count). The number of ether oxygens (including phenoxy) is 1. The third-order valence-corrected chi connectivity index (χ3v) is 2.33. The summed E-state index contributed by atoms with van der Waals surface area (Å²) in [4.78, 5) is 10.3. The molecule has 9 heavy (non-hydrogen) atoms. The van der Waals surface area contributed by atoms with Gasteiger partial charge < -0.3 is 9.53 Å². The van der Waals surface area contributed by atoms with Gasteiger partial charge in [0.15, 0.2) is 0 Å². The van der Waals surface area contributed by atoms with Crippen LogP contribution in [0.3, 0.4) is 0 Å². The second-order valence-corrected chi connectivity index (χ2v) is 2.91. The summed E-state index contributed by atoms with van der Waals surface area (Å²) in [7, 11) is 0. The molecule has 0 unspecified atom stereocenters. The summed E-state index contributed by atoms with van der Waals surface area (Å²) in [6.45, 7) is 0. The molecule has 2 heteroatoms. The van der Waals surface area contributed by atoms with E-state index in [1.807, 2.05) is 0 Å². The molecule has 0 amide bonds. The first kappa shape index (κ1) is 5.42. The number of rotatable bonds is 1. The third-order valence-electron chi connectivity index (χ3n) is 2.33. The fraction of sp³-hybridized carbons (Fsp3) is 0.857. The van der Waals surface area contributed by atoms with Gasteiger partial charge >= 0.3 is 0 Å². The summed E-state index contributed by atoms with van der Waals surface area (Å²) in [5.41, 5.74) is 0. The summed E-state index contributed by atoms with van der Waals surface area (Å²) >= 11 is 0. The molecule has 3 atom stereocenters. The Kier molecular flexibility index (Phi) is 1.09. The average Bonchev–Trinajstić information content (AvgIpc) is 2.45. The van der Waals surface area contributed by atoms with Crippen molar-refractivity contribution in [2.24, 2.45) is 5.92 Å². The van der Waals surface area contributed by atoms with Gasteiger partial charge in [0.25, 0.3) is 0 Å². The molecule has 0 aromatic rings. The first-order valence-corrected chi connectivity index (χ1v) is 3.51. The quantitative estimate of drug-likeness (QED) is 0.485. The molecule has 50 valence electrons. The normalized spacial score (nSPS) is 47.8. The second-order valence-electron chi connectivity index (χ2n) is 2.91. The van der Waals surface area contributed by atoms with Crippen LogP contribution in [0.4, 0.5) is 0 Å². The summed E-state index contributed by atoms with van der Waals surface area (Å²) in [5.74, 6) is 0.226. The van der Waals surface area contributed by atoms with E-state index in [1.54, 1.807) is 0 Å². The predicted octanol–water partition coefficient (Wildman–Crippen LogP) is 0.753. The highest BCUT2D eigenvalue weighted by atomic mass is 16.5. The molecule has 0 N–H and O–H groups in total. The van der Waals surface area contributed by atoms with Crippen LogP contribution in [-0.2, 0) is 9.53 Å². The Hall–Kier alpha value is -0.370. The Morgan fingerprint density at radius 3 is 2.67 bits per heavy atom. The maximum atomic E-state index is 10.3. The van der Waals surface area contributed by atoms with Crippen molar-refractivity contribution in [3.8, 4) is 0 Å². The number of hydrogen-bond donors (Lipinski definition) is 0. The third kappa shape index (κ3) is 0.697. The van der Waals surface area contributed by atoms with Crippen molar-refractivity contribution < 1.29 is 9.53 Å². The molecule has 2 aliphatic rings. The Bertz CT molecular complexity index is 133. The summed E-state index contributed by atoms with van der Waals surface area (Å²) in [6.07, 6.45) is 5.01. The maximum absolute atomic E-state index is 10.3. The molecule has 2 aliphatic heterocycles. The second kappa shape index (κ2) is 1.81. The van der Waals surface area contributed by atoms with Crippen LogP contribution in [-0.4, -0.2) is 18.5 Å². The van der Waals surface area contributed by atoms with Crippen LogP contribution < -0.4 is 0 Å². The fourth-order valence-corrected chi connectivity index (χ4v) is 1.82. The minimum absolute atomic E-state index is 0.226. The highest BCUT2D eigenvalue weighted by Gasteiger charge is 2.40. The highest BCUT2D eigenvalue weighted by molar-refractivity contribution is 5.55. The lowest BCUT2D eigenvalue weighted by molar-refractivity contribution is -0.112. The Balaban J connectivity index is 2.09. The standard InChI is InChI=1S/C7H10O2/c8-4-5-3-6-1-2-7(5)9-6/h4-7H,1-3H2/t5-,6+,7+/m0/s1. The zero-order chi connectivity index (χ0) is 6.27. The van der Waals surface area contributed by atoms with E-state index in [2.05, 4.69) is 0 Å². The molecule has 0 spiro atoms. The van der Waals surface area contributed by atoms with E-state index >= 15 is 0 Å². The van der Waals surface area contributed by atoms with Gasteiger partial charge in [0.05, 0.1) is 12.2 Å². The molecular weight excluding hydrogens is 116 g/mol. The van der Waals surface area contributed by atoms with Crippen LogP contribution in [0.25, 0.3) is 0 Å². The number of aldehydes is 1. The van der Waals surface area contributed by atoms with Crippen molar-refractivity contribution in [3.05, 3.63) is 0 Å². The van der Waals surface area contributed by atoms with E-state index in [4.69, 9.17) is 4.74 Å². The van der Waals surface area contributed by atoms with Gasteiger partial charge in [0.2, 0.25) is 0 Å². The lowest BCUT2D eigenvalue weighted by atomic mass is 9.91. The first-order valence-electron chi connectivity index (χ1n) is 3.51. The van der Waals surface area contributed by atoms with Gasteiger partial charge in [0.1, 0.15) is 6.29 Å². The van der Waals surface area contributed by atoms with Crippen LogP contribution in [0.2, 0.25) is 0 Å². The van der Waals surface area contributed by atoms with Crippen LogP contribution in [0.15, 0.2) is 0 Å². The van der Waals surface area contributed by atoms with Gasteiger partial charge in [-0.3, -0.25) is 0 Å². The van der Waals surface area contributed by atoms with E-state index in [0.29, 0.717) is 6.10 Å². The molecule has 2 nitrogen and oxygen atoms in total. The van der Waals surface area contributed by atoms with Crippen molar-refractivity contribution in [1.29, 1.82) is 0 Å². The summed E-state index contributed by atoms with van der Waals surface area (Å²) in [6, 6.07) is 0. The lowest BCUT2D eigenvalue weighted by Crippen LogP contribution is -2.16. The molecular formula is C7H10O2. The van der Waals surface area contributed by atoms with Gasteiger partial charge in [-0.1, -0.05) is 0 Å². The van der Waals surface area contributed by atoms with Crippen LogP contribution in [0.5, 0.6) is 0 Å². The van der Waals surface area contributed by atoms with E-state index < -0.39 is 0 Å². The van der Waals surface area contributed by atoms with Gasteiger partial charge in [-0.15, -0.1) is 0 Å². The maximum Gasteiger partial charge on any atom is 0.125 e. The molecule has 2 fully saturated rings. The van der Waals surface area contributed by atoms with Crippen molar-refractivity contribution >= 4 is 6.29 Å². The van der Waals surface area contributed by atoms with Crippen molar-refractivity contribution in [3.63, 3.8) is 0 Å². The predicted molar refractivity (Wildman–Crippen MR) is 32.1 cm³/mol. The fourth-order valence-electron chi connectivity index (χ4n) is 1.82. The monoisotopic (exact) mass is 126 g/mol. The van der Waals surface area contributed by atoms with E-state index in [1.165, 1.54) is 6.42 Å². The van der Waals surface area contributed by atoms with Crippen LogP contribution in [0, 0.1) is 5.92 Å². The topological polar surface area (TPSA) is 26.3 Å². The van der Waals surface area contributed by atoms with E-state index in [0.717, 1.165) is 19.1 Å². The molecule has 0 aromatic carbocycles. The molecule has 0 aromatic heterocycles. The zero-order valence-electron chi connectivity index (χ0n) is 5.25. The molecule has 0 radical (unpaired) electrons. The molecule has 0 aliphatic carbocycles. The zero-order valence-corrected chi connectivity index (χ0v) is 5.25. The highest BCUT2D eigenvalue weighted by Crippen LogP contribution is 2.37. The molecule has 2 bridgehead atoms. The van der Waals surface area contributed by atoms with Gasteiger partial charge in [-0.25, -0.2) is 0 Å². The summed E-state index contributed by atoms with van der Waals surface area (Å²) in [5, 5.41) is 0. The smallest absolute Gasteiger partial charge is 0.125 e. The molecule has 2 saturated heterocycles. The Morgan fingerprint density at radius 1 is 1.44 bits per heavy atom. The Labute approximate surface area is 54.2 Å². The van der Waals surface area contributed by atoms with Crippen LogP contribution >= 0.6 is 0 Å². The molecule has 0 saturated carbocycles. The number of fused-ring (bicyclic) bond motifs is 2. The molecule has 2 heterocycles. The van der Waals surface area contributed by atoms with E-state index in [-0.39, 0.29) is 12.0 Å². The van der Waals surface area contributed by atoms with Gasteiger partial charge in [-0.05, 0) is 19.3 Å². The average molecular weight is 126 g/mol. The van der Waals surface area contributed by atoms with Crippen molar-refractivity contribution in [1.82, 2.24) is 0 Å². The van der Waals surface area contributed by atoms with Gasteiger partial charge in [0, 0.05) is 5.92 Å². The van der Waals surface area contributed by atoms with Crippen LogP contribution in [0.1, 0.15) is 19.3 Å². The SMILES string of the molecule is O=C[C@@H]1C[C@H]2CC[C@H]1O2. The largest absolute Gasteiger partial charge is 0.374 e.